The third-order valence-corrected chi connectivity index (χ3v) is 3.40. The molecule has 0 aromatic carbocycles. The zero-order chi connectivity index (χ0) is 9.68. The number of rotatable bonds is 7. The Bertz CT molecular complexity index is 125. The van der Waals surface area contributed by atoms with Crippen LogP contribution in [0.2, 0.25) is 0 Å². The number of hydrogen-bond donors (Lipinski definition) is 1. The van der Waals surface area contributed by atoms with Gasteiger partial charge in [-0.05, 0) is 37.6 Å². The predicted molar refractivity (Wildman–Crippen MR) is 58.9 cm³/mol. The molecular weight excluding hydrogens is 158 g/mol. The standard InChI is InChI=1S/C12H25N/c1-4-10(5-2)9-12(13-6-3)11-7-8-11/h10-13H,4-9H2,1-3H3. The first kappa shape index (κ1) is 11.0. The lowest BCUT2D eigenvalue weighted by molar-refractivity contribution is 0.344. The first-order chi connectivity index (χ1) is 6.31. The van der Waals surface area contributed by atoms with E-state index in [0.717, 1.165) is 24.4 Å². The van der Waals surface area contributed by atoms with E-state index in [-0.39, 0.29) is 0 Å². The molecule has 1 fully saturated rings. The average Bonchev–Trinajstić information content (AvgIpc) is 2.95. The molecule has 1 unspecified atom stereocenters. The topological polar surface area (TPSA) is 12.0 Å². The van der Waals surface area contributed by atoms with Crippen molar-refractivity contribution in [1.29, 1.82) is 0 Å². The van der Waals surface area contributed by atoms with Gasteiger partial charge in [-0.25, -0.2) is 0 Å². The highest BCUT2D eigenvalue weighted by atomic mass is 14.9. The summed E-state index contributed by atoms with van der Waals surface area (Å²) in [4.78, 5) is 0. The van der Waals surface area contributed by atoms with E-state index in [2.05, 4.69) is 26.1 Å². The highest BCUT2D eigenvalue weighted by Gasteiger charge is 2.31. The maximum atomic E-state index is 3.64. The molecule has 0 aliphatic heterocycles. The Hall–Kier alpha value is -0.0400. The van der Waals surface area contributed by atoms with Crippen LogP contribution in [0.5, 0.6) is 0 Å². The molecule has 1 N–H and O–H groups in total. The summed E-state index contributed by atoms with van der Waals surface area (Å²) in [5.74, 6) is 1.96. The Kier molecular flexibility index (Phi) is 4.79. The summed E-state index contributed by atoms with van der Waals surface area (Å²) in [6, 6.07) is 0.829. The minimum absolute atomic E-state index is 0.829. The molecule has 78 valence electrons. The second-order valence-electron chi connectivity index (χ2n) is 4.42. The zero-order valence-corrected chi connectivity index (χ0v) is 9.47. The first-order valence-electron chi connectivity index (χ1n) is 6.05. The Morgan fingerprint density at radius 1 is 1.15 bits per heavy atom. The molecule has 0 amide bonds. The van der Waals surface area contributed by atoms with Crippen molar-refractivity contribution in [2.45, 2.75) is 58.9 Å². The van der Waals surface area contributed by atoms with E-state index in [9.17, 15) is 0 Å². The fraction of sp³-hybridized carbons (Fsp3) is 1.00. The summed E-state index contributed by atoms with van der Waals surface area (Å²) < 4.78 is 0. The lowest BCUT2D eigenvalue weighted by Crippen LogP contribution is -2.32. The third-order valence-electron chi connectivity index (χ3n) is 3.40. The van der Waals surface area contributed by atoms with Crippen LogP contribution in [0, 0.1) is 11.8 Å². The first-order valence-corrected chi connectivity index (χ1v) is 6.05. The van der Waals surface area contributed by atoms with Gasteiger partial charge in [0.1, 0.15) is 0 Å². The monoisotopic (exact) mass is 183 g/mol. The van der Waals surface area contributed by atoms with Gasteiger partial charge in [0.05, 0.1) is 0 Å². The highest BCUT2D eigenvalue weighted by molar-refractivity contribution is 4.87. The van der Waals surface area contributed by atoms with E-state index in [4.69, 9.17) is 0 Å². The minimum atomic E-state index is 0.829. The van der Waals surface area contributed by atoms with Crippen LogP contribution in [0.15, 0.2) is 0 Å². The number of hydrogen-bond acceptors (Lipinski definition) is 1. The van der Waals surface area contributed by atoms with Crippen molar-refractivity contribution in [3.8, 4) is 0 Å². The molecule has 1 nitrogen and oxygen atoms in total. The molecule has 1 atom stereocenters. The lowest BCUT2D eigenvalue weighted by atomic mass is 9.92. The van der Waals surface area contributed by atoms with E-state index >= 15 is 0 Å². The van der Waals surface area contributed by atoms with Gasteiger partial charge < -0.3 is 5.32 Å². The summed E-state index contributed by atoms with van der Waals surface area (Å²) >= 11 is 0. The van der Waals surface area contributed by atoms with Crippen molar-refractivity contribution in [1.82, 2.24) is 5.32 Å². The Morgan fingerprint density at radius 2 is 1.77 bits per heavy atom. The molecule has 0 aromatic rings. The molecule has 1 rings (SSSR count). The summed E-state index contributed by atoms with van der Waals surface area (Å²) in [6.45, 7) is 8.01. The van der Waals surface area contributed by atoms with Crippen molar-refractivity contribution >= 4 is 0 Å². The van der Waals surface area contributed by atoms with E-state index in [0.29, 0.717) is 0 Å². The fourth-order valence-corrected chi connectivity index (χ4v) is 2.18. The van der Waals surface area contributed by atoms with Crippen molar-refractivity contribution in [3.63, 3.8) is 0 Å². The Morgan fingerprint density at radius 3 is 2.15 bits per heavy atom. The highest BCUT2D eigenvalue weighted by Crippen LogP contribution is 2.36. The Balaban J connectivity index is 2.27. The molecule has 0 aromatic heterocycles. The molecule has 0 heterocycles. The van der Waals surface area contributed by atoms with Crippen LogP contribution in [0.3, 0.4) is 0 Å². The van der Waals surface area contributed by atoms with Crippen LogP contribution in [-0.4, -0.2) is 12.6 Å². The lowest BCUT2D eigenvalue weighted by Gasteiger charge is -2.22. The van der Waals surface area contributed by atoms with Crippen molar-refractivity contribution in [3.05, 3.63) is 0 Å². The average molecular weight is 183 g/mol. The van der Waals surface area contributed by atoms with Crippen molar-refractivity contribution in [2.75, 3.05) is 6.54 Å². The smallest absolute Gasteiger partial charge is 0.00978 e. The van der Waals surface area contributed by atoms with Crippen LogP contribution >= 0.6 is 0 Å². The molecule has 13 heavy (non-hydrogen) atoms. The van der Waals surface area contributed by atoms with Crippen LogP contribution < -0.4 is 5.32 Å². The van der Waals surface area contributed by atoms with Crippen LogP contribution in [0.4, 0.5) is 0 Å². The van der Waals surface area contributed by atoms with Gasteiger partial charge in [0, 0.05) is 6.04 Å². The molecule has 0 saturated heterocycles. The maximum Gasteiger partial charge on any atom is 0.00978 e. The van der Waals surface area contributed by atoms with Gasteiger partial charge in [-0.1, -0.05) is 33.6 Å². The third kappa shape index (κ3) is 3.68. The summed E-state index contributed by atoms with van der Waals surface area (Å²) in [5.41, 5.74) is 0. The molecular formula is C12H25N. The van der Waals surface area contributed by atoms with Crippen LogP contribution in [0.25, 0.3) is 0 Å². The number of nitrogens with one attached hydrogen (secondary N) is 1. The summed E-state index contributed by atoms with van der Waals surface area (Å²) in [7, 11) is 0. The second-order valence-corrected chi connectivity index (χ2v) is 4.42. The van der Waals surface area contributed by atoms with Gasteiger partial charge in [-0.2, -0.15) is 0 Å². The zero-order valence-electron chi connectivity index (χ0n) is 9.47. The van der Waals surface area contributed by atoms with Gasteiger partial charge in [0.25, 0.3) is 0 Å². The van der Waals surface area contributed by atoms with Crippen LogP contribution in [-0.2, 0) is 0 Å². The van der Waals surface area contributed by atoms with Gasteiger partial charge >= 0.3 is 0 Å². The van der Waals surface area contributed by atoms with Gasteiger partial charge in [0.15, 0.2) is 0 Å². The molecule has 1 aliphatic carbocycles. The van der Waals surface area contributed by atoms with E-state index in [1.165, 1.54) is 32.1 Å². The summed E-state index contributed by atoms with van der Waals surface area (Å²) in [6.07, 6.45) is 7.05. The molecule has 1 heteroatoms. The van der Waals surface area contributed by atoms with E-state index < -0.39 is 0 Å². The maximum absolute atomic E-state index is 3.64. The normalized spacial score (nSPS) is 19.4. The largest absolute Gasteiger partial charge is 0.314 e. The molecule has 0 bridgehead atoms. The van der Waals surface area contributed by atoms with E-state index in [1.54, 1.807) is 0 Å². The minimum Gasteiger partial charge on any atom is -0.314 e. The van der Waals surface area contributed by atoms with Crippen molar-refractivity contribution < 1.29 is 0 Å². The van der Waals surface area contributed by atoms with Crippen LogP contribution in [0.1, 0.15) is 52.9 Å². The molecule has 1 saturated carbocycles. The second kappa shape index (κ2) is 5.64. The predicted octanol–water partition coefficient (Wildman–Crippen LogP) is 3.20. The molecule has 0 spiro atoms. The van der Waals surface area contributed by atoms with Gasteiger partial charge in [-0.3, -0.25) is 0 Å². The fourth-order valence-electron chi connectivity index (χ4n) is 2.18. The van der Waals surface area contributed by atoms with Gasteiger partial charge in [0.2, 0.25) is 0 Å². The molecule has 1 aliphatic rings. The van der Waals surface area contributed by atoms with E-state index in [1.807, 2.05) is 0 Å². The Labute approximate surface area is 83.3 Å². The SMILES string of the molecule is CCNC(CC(CC)CC)C1CC1. The van der Waals surface area contributed by atoms with Crippen molar-refractivity contribution in [2.24, 2.45) is 11.8 Å². The summed E-state index contributed by atoms with van der Waals surface area (Å²) in [5, 5.41) is 3.64. The quantitative estimate of drug-likeness (QED) is 0.639. The molecule has 0 radical (unpaired) electrons. The van der Waals surface area contributed by atoms with Gasteiger partial charge in [-0.15, -0.1) is 0 Å².